The lowest BCUT2D eigenvalue weighted by molar-refractivity contribution is 0.0949. The van der Waals surface area contributed by atoms with Gasteiger partial charge in [-0.3, -0.25) is 4.79 Å². The summed E-state index contributed by atoms with van der Waals surface area (Å²) in [6.07, 6.45) is 6.62. The number of aryl methyl sites for hydroxylation is 1. The largest absolute Gasteiger partial charge is 0.493 e. The Morgan fingerprint density at radius 2 is 1.93 bits per heavy atom. The molecule has 2 aromatic heterocycles. The van der Waals surface area contributed by atoms with Crippen molar-refractivity contribution in [2.24, 2.45) is 0 Å². The molecule has 3 aromatic rings. The van der Waals surface area contributed by atoms with E-state index in [9.17, 15) is 4.79 Å². The Balaban J connectivity index is 1.60. The number of carbonyl (C=O) groups excluding carboxylic acids is 1. The fourth-order valence-corrected chi connectivity index (χ4v) is 2.76. The number of rotatable bonds is 8. The zero-order chi connectivity index (χ0) is 19.2. The number of nitrogens with one attached hydrogen (secondary N) is 1. The third kappa shape index (κ3) is 3.91. The maximum absolute atomic E-state index is 12.5. The fraction of sp³-hybridized carbons (Fsp3) is 0.333. The van der Waals surface area contributed by atoms with E-state index in [1.807, 2.05) is 6.20 Å². The first-order valence-electron chi connectivity index (χ1n) is 8.39. The van der Waals surface area contributed by atoms with Gasteiger partial charge in [0.05, 0.1) is 26.9 Å². The van der Waals surface area contributed by atoms with E-state index in [4.69, 9.17) is 14.2 Å². The second kappa shape index (κ2) is 8.35. The Kier molecular flexibility index (Phi) is 5.70. The van der Waals surface area contributed by atoms with Gasteiger partial charge in [0, 0.05) is 18.9 Å². The standard InChI is InChI=1S/C18H21N5O4/c1-25-14-7-6-13(15(26-2)16(14)27-3)17(24)19-8-4-5-12-9-20-18-21-11-22-23(18)10-12/h6-7,9-11H,4-5,8H2,1-3H3,(H,19,24). The highest BCUT2D eigenvalue weighted by Crippen LogP contribution is 2.39. The SMILES string of the molecule is COc1ccc(C(=O)NCCCc2cnc3ncnn3c2)c(OC)c1OC. The van der Waals surface area contributed by atoms with Crippen molar-refractivity contribution in [1.29, 1.82) is 0 Å². The number of nitrogens with zero attached hydrogens (tertiary/aromatic N) is 4. The molecule has 0 aliphatic rings. The zero-order valence-electron chi connectivity index (χ0n) is 15.4. The monoisotopic (exact) mass is 371 g/mol. The lowest BCUT2D eigenvalue weighted by Crippen LogP contribution is -2.25. The van der Waals surface area contributed by atoms with Crippen LogP contribution in [-0.2, 0) is 6.42 Å². The summed E-state index contributed by atoms with van der Waals surface area (Å²) < 4.78 is 17.5. The van der Waals surface area contributed by atoms with Crippen LogP contribution < -0.4 is 19.5 Å². The quantitative estimate of drug-likeness (QED) is 0.599. The summed E-state index contributed by atoms with van der Waals surface area (Å²) in [6, 6.07) is 3.33. The van der Waals surface area contributed by atoms with Crippen molar-refractivity contribution in [1.82, 2.24) is 24.9 Å². The van der Waals surface area contributed by atoms with Gasteiger partial charge in [-0.15, -0.1) is 0 Å². The molecule has 1 amide bonds. The summed E-state index contributed by atoms with van der Waals surface area (Å²) in [7, 11) is 4.52. The van der Waals surface area contributed by atoms with E-state index in [1.165, 1.54) is 27.7 Å². The van der Waals surface area contributed by atoms with Gasteiger partial charge in [0.25, 0.3) is 11.7 Å². The lowest BCUT2D eigenvalue weighted by Gasteiger charge is -2.15. The van der Waals surface area contributed by atoms with Crippen LogP contribution in [0.5, 0.6) is 17.2 Å². The Bertz CT molecular complexity index is 941. The van der Waals surface area contributed by atoms with Crippen molar-refractivity contribution >= 4 is 11.7 Å². The van der Waals surface area contributed by atoms with Gasteiger partial charge >= 0.3 is 0 Å². The van der Waals surface area contributed by atoms with Crippen LogP contribution >= 0.6 is 0 Å². The predicted octanol–water partition coefficient (Wildman–Crippen LogP) is 1.51. The van der Waals surface area contributed by atoms with Gasteiger partial charge in [-0.1, -0.05) is 0 Å². The maximum Gasteiger partial charge on any atom is 0.255 e. The number of amides is 1. The molecular weight excluding hydrogens is 350 g/mol. The molecule has 9 nitrogen and oxygen atoms in total. The predicted molar refractivity (Wildman–Crippen MR) is 97.5 cm³/mol. The van der Waals surface area contributed by atoms with Gasteiger partial charge in [-0.05, 0) is 30.5 Å². The average molecular weight is 371 g/mol. The summed E-state index contributed by atoms with van der Waals surface area (Å²) in [4.78, 5) is 20.8. The van der Waals surface area contributed by atoms with E-state index in [-0.39, 0.29) is 5.91 Å². The molecule has 0 bridgehead atoms. The molecule has 3 rings (SSSR count). The first kappa shape index (κ1) is 18.4. The van der Waals surface area contributed by atoms with Gasteiger partial charge in [-0.25, -0.2) is 9.50 Å². The van der Waals surface area contributed by atoms with Crippen molar-refractivity contribution in [3.8, 4) is 17.2 Å². The number of ether oxygens (including phenoxy) is 3. The minimum Gasteiger partial charge on any atom is -0.493 e. The fourth-order valence-electron chi connectivity index (χ4n) is 2.76. The summed E-state index contributed by atoms with van der Waals surface area (Å²) >= 11 is 0. The first-order chi connectivity index (χ1) is 13.2. The highest BCUT2D eigenvalue weighted by atomic mass is 16.5. The summed E-state index contributed by atoms with van der Waals surface area (Å²) in [6.45, 7) is 0.506. The molecule has 1 N–H and O–H groups in total. The van der Waals surface area contributed by atoms with Gasteiger partial charge < -0.3 is 19.5 Å². The number of methoxy groups -OCH3 is 3. The van der Waals surface area contributed by atoms with Crippen LogP contribution in [0.25, 0.3) is 5.78 Å². The molecular formula is C18H21N5O4. The Morgan fingerprint density at radius 3 is 2.67 bits per heavy atom. The van der Waals surface area contributed by atoms with E-state index in [1.54, 1.807) is 22.8 Å². The van der Waals surface area contributed by atoms with E-state index in [2.05, 4.69) is 20.4 Å². The molecule has 27 heavy (non-hydrogen) atoms. The number of aromatic nitrogens is 4. The van der Waals surface area contributed by atoms with E-state index >= 15 is 0 Å². The molecule has 0 saturated heterocycles. The Hall–Kier alpha value is -3.36. The third-order valence-electron chi connectivity index (χ3n) is 4.06. The van der Waals surface area contributed by atoms with Gasteiger partial charge in [0.2, 0.25) is 5.75 Å². The van der Waals surface area contributed by atoms with E-state index < -0.39 is 0 Å². The van der Waals surface area contributed by atoms with Crippen LogP contribution in [0.3, 0.4) is 0 Å². The van der Waals surface area contributed by atoms with Crippen molar-refractivity contribution in [3.05, 3.63) is 42.0 Å². The van der Waals surface area contributed by atoms with Crippen LogP contribution in [0.2, 0.25) is 0 Å². The van der Waals surface area contributed by atoms with Crippen LogP contribution in [0, 0.1) is 0 Å². The molecule has 1 aromatic carbocycles. The van der Waals surface area contributed by atoms with Gasteiger partial charge in [-0.2, -0.15) is 10.1 Å². The van der Waals surface area contributed by atoms with Crippen molar-refractivity contribution in [3.63, 3.8) is 0 Å². The number of hydrogen-bond acceptors (Lipinski definition) is 7. The van der Waals surface area contributed by atoms with Crippen LogP contribution in [0.4, 0.5) is 0 Å². The van der Waals surface area contributed by atoms with Crippen LogP contribution in [-0.4, -0.2) is 53.4 Å². The highest BCUT2D eigenvalue weighted by molar-refractivity contribution is 5.98. The molecule has 0 spiro atoms. The molecule has 0 fully saturated rings. The number of carbonyl (C=O) groups is 1. The maximum atomic E-state index is 12.5. The first-order valence-corrected chi connectivity index (χ1v) is 8.39. The average Bonchev–Trinajstić information content (AvgIpc) is 3.17. The molecule has 0 saturated carbocycles. The smallest absolute Gasteiger partial charge is 0.255 e. The Labute approximate surface area is 156 Å². The molecule has 0 aliphatic heterocycles. The lowest BCUT2D eigenvalue weighted by atomic mass is 10.1. The molecule has 0 aliphatic carbocycles. The van der Waals surface area contributed by atoms with Crippen molar-refractivity contribution < 1.29 is 19.0 Å². The molecule has 0 unspecified atom stereocenters. The highest BCUT2D eigenvalue weighted by Gasteiger charge is 2.20. The number of hydrogen-bond donors (Lipinski definition) is 1. The van der Waals surface area contributed by atoms with Crippen molar-refractivity contribution in [2.75, 3.05) is 27.9 Å². The summed E-state index contributed by atoms with van der Waals surface area (Å²) in [5, 5.41) is 6.96. The van der Waals surface area contributed by atoms with Crippen LogP contribution in [0.15, 0.2) is 30.9 Å². The molecule has 2 heterocycles. The topological polar surface area (TPSA) is 99.9 Å². The molecule has 142 valence electrons. The second-order valence-corrected chi connectivity index (χ2v) is 5.71. The Morgan fingerprint density at radius 1 is 1.11 bits per heavy atom. The minimum absolute atomic E-state index is 0.238. The van der Waals surface area contributed by atoms with E-state index in [0.29, 0.717) is 35.1 Å². The molecule has 9 heteroatoms. The van der Waals surface area contributed by atoms with Gasteiger partial charge in [0.1, 0.15) is 6.33 Å². The molecule has 0 radical (unpaired) electrons. The second-order valence-electron chi connectivity index (χ2n) is 5.71. The number of benzene rings is 1. The zero-order valence-corrected chi connectivity index (χ0v) is 15.4. The minimum atomic E-state index is -0.238. The summed E-state index contributed by atoms with van der Waals surface area (Å²) in [5.41, 5.74) is 1.41. The van der Waals surface area contributed by atoms with Crippen molar-refractivity contribution in [2.45, 2.75) is 12.8 Å². The number of fused-ring (bicyclic) bond motifs is 1. The summed E-state index contributed by atoms with van der Waals surface area (Å²) in [5.74, 6) is 1.56. The third-order valence-corrected chi connectivity index (χ3v) is 4.06. The van der Waals surface area contributed by atoms with Crippen LogP contribution in [0.1, 0.15) is 22.3 Å². The van der Waals surface area contributed by atoms with E-state index in [0.717, 1.165) is 18.4 Å². The normalized spacial score (nSPS) is 10.6. The molecule has 0 atom stereocenters. The van der Waals surface area contributed by atoms with Gasteiger partial charge in [0.15, 0.2) is 11.5 Å².